The van der Waals surface area contributed by atoms with Crippen LogP contribution in [-0.2, 0) is 9.59 Å². The monoisotopic (exact) mass is 423 g/mol. The van der Waals surface area contributed by atoms with E-state index >= 15 is 0 Å². The largest absolute Gasteiger partial charge is 0.480 e. The molecule has 6 nitrogen and oxygen atoms in total. The molecule has 1 heterocycles. The van der Waals surface area contributed by atoms with Crippen molar-refractivity contribution < 1.29 is 23.5 Å². The number of rotatable bonds is 8. The van der Waals surface area contributed by atoms with Gasteiger partial charge in [-0.05, 0) is 32.0 Å². The number of hydrogen-bond acceptors (Lipinski definition) is 5. The molecule has 1 aliphatic rings. The smallest absolute Gasteiger partial charge is 0.317 e. The van der Waals surface area contributed by atoms with Crippen molar-refractivity contribution in [3.63, 3.8) is 0 Å². The van der Waals surface area contributed by atoms with Crippen LogP contribution < -0.4 is 5.32 Å². The average molecular weight is 424 g/mol. The predicted molar refractivity (Wildman–Crippen MR) is 104 cm³/mol. The second kappa shape index (κ2) is 11.4. The van der Waals surface area contributed by atoms with Crippen LogP contribution in [0.2, 0.25) is 0 Å². The van der Waals surface area contributed by atoms with Crippen molar-refractivity contribution in [3.05, 3.63) is 24.3 Å². The first-order valence-electron chi connectivity index (χ1n) is 8.33. The van der Waals surface area contributed by atoms with Gasteiger partial charge in [0.25, 0.3) is 5.76 Å². The van der Waals surface area contributed by atoms with E-state index in [1.54, 1.807) is 31.3 Å². The Labute approximate surface area is 167 Å². The van der Waals surface area contributed by atoms with E-state index in [9.17, 15) is 18.4 Å². The van der Waals surface area contributed by atoms with E-state index in [1.807, 2.05) is 9.80 Å². The van der Waals surface area contributed by atoms with Gasteiger partial charge in [-0.2, -0.15) is 8.78 Å². The number of aliphatic carboxylic acids is 1. The molecule has 0 radical (unpaired) electrons. The summed E-state index contributed by atoms with van der Waals surface area (Å²) in [5.41, 5.74) is 0.388. The fraction of sp³-hybridized carbons (Fsp3) is 0.529. The maximum atomic E-state index is 12.6. The fourth-order valence-electron chi connectivity index (χ4n) is 3.02. The first-order valence-corrected chi connectivity index (χ1v) is 9.21. The van der Waals surface area contributed by atoms with E-state index in [1.165, 1.54) is 0 Å². The molecule has 0 aliphatic carbocycles. The van der Waals surface area contributed by atoms with Crippen LogP contribution in [0.4, 0.5) is 14.5 Å². The van der Waals surface area contributed by atoms with Gasteiger partial charge < -0.3 is 10.4 Å². The maximum absolute atomic E-state index is 12.6. The standard InChI is InChI=1S/C17H23F2N3O3S.ClH/c1-21(11-16(24)25)12-6-8-22(9-7-12)10-15(23)20-13-4-2-3-5-14(13)26-17(18)19;/h2-5,12,17H,6-11H2,1H3,(H,20,23)(H,24,25);1H. The normalized spacial score (nSPS) is 15.6. The molecule has 1 amide bonds. The number of benzene rings is 1. The number of amides is 1. The van der Waals surface area contributed by atoms with Gasteiger partial charge in [-0.3, -0.25) is 19.4 Å². The topological polar surface area (TPSA) is 72.9 Å². The van der Waals surface area contributed by atoms with E-state index in [-0.39, 0.29) is 37.4 Å². The summed E-state index contributed by atoms with van der Waals surface area (Å²) in [4.78, 5) is 27.2. The number of carbonyl (C=O) groups excluding carboxylic acids is 1. The molecule has 1 aliphatic heterocycles. The third kappa shape index (κ3) is 8.00. The van der Waals surface area contributed by atoms with Crippen LogP contribution in [0.5, 0.6) is 0 Å². The lowest BCUT2D eigenvalue weighted by Gasteiger charge is -2.35. The summed E-state index contributed by atoms with van der Waals surface area (Å²) in [7, 11) is 1.79. The van der Waals surface area contributed by atoms with Crippen molar-refractivity contribution >= 4 is 41.7 Å². The fourth-order valence-corrected chi connectivity index (χ4v) is 3.62. The van der Waals surface area contributed by atoms with Crippen LogP contribution in [0.25, 0.3) is 0 Å². The number of para-hydroxylation sites is 1. The first kappa shape index (κ1) is 23.6. The number of hydrogen-bond donors (Lipinski definition) is 2. The Balaban J connectivity index is 0.00000364. The summed E-state index contributed by atoms with van der Waals surface area (Å²) in [6, 6.07) is 6.69. The molecule has 0 atom stereocenters. The van der Waals surface area contributed by atoms with Crippen molar-refractivity contribution in [2.24, 2.45) is 0 Å². The Kier molecular flexibility index (Phi) is 10.00. The lowest BCUT2D eigenvalue weighted by molar-refractivity contribution is -0.138. The van der Waals surface area contributed by atoms with Crippen LogP contribution in [0, 0.1) is 0 Å². The Hall–Kier alpha value is -1.42. The number of nitrogens with zero attached hydrogens (tertiary/aromatic N) is 2. The summed E-state index contributed by atoms with van der Waals surface area (Å²) in [6.45, 7) is 1.57. The number of nitrogens with one attached hydrogen (secondary N) is 1. The van der Waals surface area contributed by atoms with Crippen LogP contribution >= 0.6 is 24.2 Å². The molecule has 0 unspecified atom stereocenters. The van der Waals surface area contributed by atoms with Crippen molar-refractivity contribution in [1.29, 1.82) is 0 Å². The van der Waals surface area contributed by atoms with Gasteiger partial charge in [0.15, 0.2) is 0 Å². The zero-order valence-electron chi connectivity index (χ0n) is 14.9. The third-order valence-electron chi connectivity index (χ3n) is 4.31. The van der Waals surface area contributed by atoms with Crippen LogP contribution in [-0.4, -0.2) is 71.8 Å². The molecule has 0 spiro atoms. The van der Waals surface area contributed by atoms with Crippen molar-refractivity contribution in [2.45, 2.75) is 29.5 Å². The Morgan fingerprint density at radius 1 is 1.33 bits per heavy atom. The summed E-state index contributed by atoms with van der Waals surface area (Å²) in [5, 5.41) is 11.5. The molecule has 1 aromatic carbocycles. The van der Waals surface area contributed by atoms with Gasteiger partial charge in [0.1, 0.15) is 0 Å². The Morgan fingerprint density at radius 2 is 1.96 bits per heavy atom. The van der Waals surface area contributed by atoms with Gasteiger partial charge in [0.05, 0.1) is 18.8 Å². The van der Waals surface area contributed by atoms with Crippen molar-refractivity contribution in [3.8, 4) is 0 Å². The quantitative estimate of drug-likeness (QED) is 0.626. The zero-order valence-corrected chi connectivity index (χ0v) is 16.6. The van der Waals surface area contributed by atoms with E-state index < -0.39 is 11.7 Å². The molecule has 0 saturated carbocycles. The van der Waals surface area contributed by atoms with E-state index in [0.717, 1.165) is 12.8 Å². The molecular weight excluding hydrogens is 400 g/mol. The minimum Gasteiger partial charge on any atom is -0.480 e. The van der Waals surface area contributed by atoms with Crippen LogP contribution in [0.1, 0.15) is 12.8 Å². The molecule has 1 fully saturated rings. The summed E-state index contributed by atoms with van der Waals surface area (Å²) in [6.07, 6.45) is 1.57. The molecule has 2 rings (SSSR count). The Morgan fingerprint density at radius 3 is 2.56 bits per heavy atom. The van der Waals surface area contributed by atoms with Crippen LogP contribution in [0.15, 0.2) is 29.2 Å². The summed E-state index contributed by atoms with van der Waals surface area (Å²) in [5.74, 6) is -3.64. The molecular formula is C17H24ClF2N3O3S. The van der Waals surface area contributed by atoms with E-state index in [2.05, 4.69) is 5.32 Å². The van der Waals surface area contributed by atoms with Crippen LogP contribution in [0.3, 0.4) is 0 Å². The first-order chi connectivity index (χ1) is 12.3. The number of thioether (sulfide) groups is 1. The minimum atomic E-state index is -2.55. The zero-order chi connectivity index (χ0) is 19.1. The highest BCUT2D eigenvalue weighted by atomic mass is 35.5. The van der Waals surface area contributed by atoms with Gasteiger partial charge in [0.2, 0.25) is 5.91 Å². The molecule has 1 aromatic rings. The molecule has 27 heavy (non-hydrogen) atoms. The van der Waals surface area contributed by atoms with Gasteiger partial charge >= 0.3 is 5.97 Å². The number of carbonyl (C=O) groups is 2. The highest BCUT2D eigenvalue weighted by Gasteiger charge is 2.24. The molecule has 0 aromatic heterocycles. The third-order valence-corrected chi connectivity index (χ3v) is 5.10. The van der Waals surface area contributed by atoms with Gasteiger partial charge in [-0.15, -0.1) is 12.4 Å². The second-order valence-corrected chi connectivity index (χ2v) is 7.27. The highest BCUT2D eigenvalue weighted by molar-refractivity contribution is 7.99. The summed E-state index contributed by atoms with van der Waals surface area (Å²) >= 11 is 0.406. The lowest BCUT2D eigenvalue weighted by Crippen LogP contribution is -2.46. The molecule has 152 valence electrons. The number of carboxylic acids is 1. The molecule has 2 N–H and O–H groups in total. The van der Waals surface area contributed by atoms with Crippen molar-refractivity contribution in [1.82, 2.24) is 9.80 Å². The minimum absolute atomic E-state index is 0. The number of halogens is 3. The number of piperidine rings is 1. The second-order valence-electron chi connectivity index (χ2n) is 6.24. The van der Waals surface area contributed by atoms with Gasteiger partial charge in [0, 0.05) is 24.0 Å². The number of likely N-dealkylation sites (tertiary alicyclic amines) is 1. The lowest BCUT2D eigenvalue weighted by atomic mass is 10.0. The number of anilines is 1. The number of carboxylic acid groups (broad SMARTS) is 1. The highest BCUT2D eigenvalue weighted by Crippen LogP contribution is 2.31. The van der Waals surface area contributed by atoms with E-state index in [4.69, 9.17) is 5.11 Å². The number of likely N-dealkylation sites (N-methyl/N-ethyl adjacent to an activating group) is 1. The molecule has 10 heteroatoms. The SMILES string of the molecule is CN(CC(=O)O)C1CCN(CC(=O)Nc2ccccc2SC(F)F)CC1.Cl. The Bertz CT molecular complexity index is 631. The van der Waals surface area contributed by atoms with Gasteiger partial charge in [-0.1, -0.05) is 23.9 Å². The average Bonchev–Trinajstić information content (AvgIpc) is 2.56. The molecule has 1 saturated heterocycles. The predicted octanol–water partition coefficient (Wildman–Crippen LogP) is 2.84. The van der Waals surface area contributed by atoms with Crippen molar-refractivity contribution in [2.75, 3.05) is 38.5 Å². The van der Waals surface area contributed by atoms with Gasteiger partial charge in [-0.25, -0.2) is 0 Å². The molecule has 0 bridgehead atoms. The number of alkyl halides is 2. The van der Waals surface area contributed by atoms with E-state index in [0.29, 0.717) is 35.4 Å². The summed E-state index contributed by atoms with van der Waals surface area (Å²) < 4.78 is 25.2. The maximum Gasteiger partial charge on any atom is 0.317 e.